The number of nitrogens with zero attached hydrogens (tertiary/aromatic N) is 3. The van der Waals surface area contributed by atoms with Gasteiger partial charge < -0.3 is 4.40 Å². The van der Waals surface area contributed by atoms with Crippen LogP contribution in [0.5, 0.6) is 0 Å². The molecule has 2 aromatic heterocycles. The van der Waals surface area contributed by atoms with Crippen LogP contribution in [0.1, 0.15) is 32.1 Å². The molecule has 5 nitrogen and oxygen atoms in total. The summed E-state index contributed by atoms with van der Waals surface area (Å²) < 4.78 is 1.92. The van der Waals surface area contributed by atoms with E-state index in [1.165, 1.54) is 4.90 Å². The van der Waals surface area contributed by atoms with E-state index in [1.54, 1.807) is 24.3 Å². The first-order chi connectivity index (χ1) is 10.7. The number of aromatic nitrogens is 2. The highest BCUT2D eigenvalue weighted by molar-refractivity contribution is 6.21. The molecule has 0 saturated carbocycles. The van der Waals surface area contributed by atoms with Crippen molar-refractivity contribution >= 4 is 17.5 Å². The van der Waals surface area contributed by atoms with Crippen molar-refractivity contribution in [2.45, 2.75) is 13.5 Å². The van der Waals surface area contributed by atoms with E-state index < -0.39 is 0 Å². The molecule has 1 aliphatic heterocycles. The Morgan fingerprint density at radius 1 is 0.955 bits per heavy atom. The lowest BCUT2D eigenvalue weighted by Crippen LogP contribution is -2.30. The normalized spacial score (nSPS) is 14.0. The van der Waals surface area contributed by atoms with Crippen molar-refractivity contribution in [1.82, 2.24) is 14.3 Å². The summed E-state index contributed by atoms with van der Waals surface area (Å²) in [7, 11) is 0. The summed E-state index contributed by atoms with van der Waals surface area (Å²) in [4.78, 5) is 30.7. The second-order valence-corrected chi connectivity index (χ2v) is 5.31. The van der Waals surface area contributed by atoms with Crippen molar-refractivity contribution in [2.75, 3.05) is 0 Å². The first-order valence-electron chi connectivity index (χ1n) is 7.04. The molecular formula is C17H13N3O2. The minimum atomic E-state index is -0.245. The smallest absolute Gasteiger partial charge is 0.261 e. The quantitative estimate of drug-likeness (QED) is 0.681. The Kier molecular flexibility index (Phi) is 2.63. The highest BCUT2D eigenvalue weighted by Crippen LogP contribution is 2.25. The Morgan fingerprint density at radius 2 is 1.59 bits per heavy atom. The van der Waals surface area contributed by atoms with Crippen LogP contribution >= 0.6 is 0 Å². The van der Waals surface area contributed by atoms with Gasteiger partial charge in [-0.2, -0.15) is 0 Å². The first kappa shape index (κ1) is 12.8. The lowest BCUT2D eigenvalue weighted by molar-refractivity contribution is 0.0640. The average Bonchev–Trinajstić information content (AvgIpc) is 2.98. The number of carbonyl (C=O) groups excluding carboxylic acids is 2. The number of fused-ring (bicyclic) bond motifs is 2. The lowest BCUT2D eigenvalue weighted by atomic mass is 10.1. The molecule has 4 rings (SSSR count). The van der Waals surface area contributed by atoms with Crippen LogP contribution < -0.4 is 0 Å². The van der Waals surface area contributed by atoms with Gasteiger partial charge in [0.1, 0.15) is 5.65 Å². The Labute approximate surface area is 126 Å². The van der Waals surface area contributed by atoms with Crippen LogP contribution in [0.15, 0.2) is 48.7 Å². The van der Waals surface area contributed by atoms with Crippen molar-refractivity contribution in [3.63, 3.8) is 0 Å². The Morgan fingerprint density at radius 3 is 2.27 bits per heavy atom. The molecule has 3 heterocycles. The van der Waals surface area contributed by atoms with Crippen molar-refractivity contribution in [1.29, 1.82) is 0 Å². The summed E-state index contributed by atoms with van der Waals surface area (Å²) in [6.45, 7) is 2.11. The van der Waals surface area contributed by atoms with Crippen LogP contribution in [0.25, 0.3) is 5.65 Å². The van der Waals surface area contributed by atoms with Gasteiger partial charge in [0.05, 0.1) is 29.1 Å². The maximum absolute atomic E-state index is 12.5. The summed E-state index contributed by atoms with van der Waals surface area (Å²) >= 11 is 0. The van der Waals surface area contributed by atoms with E-state index in [-0.39, 0.29) is 18.4 Å². The highest BCUT2D eigenvalue weighted by Gasteiger charge is 2.35. The molecule has 108 valence electrons. The predicted octanol–water partition coefficient (Wildman–Crippen LogP) is 2.44. The van der Waals surface area contributed by atoms with E-state index in [1.807, 2.05) is 35.7 Å². The van der Waals surface area contributed by atoms with Crippen LogP contribution in [0.4, 0.5) is 0 Å². The molecule has 1 aromatic carbocycles. The molecule has 0 atom stereocenters. The van der Waals surface area contributed by atoms with Gasteiger partial charge in [-0.25, -0.2) is 4.98 Å². The van der Waals surface area contributed by atoms with Crippen LogP contribution in [-0.2, 0) is 6.54 Å². The fraction of sp³-hybridized carbons (Fsp3) is 0.118. The molecule has 3 aromatic rings. The SMILES string of the molecule is Cc1nc2ccccn2c1CN1C(=O)c2ccccc2C1=O. The minimum Gasteiger partial charge on any atom is -0.302 e. The number of hydrogen-bond donors (Lipinski definition) is 0. The van der Waals surface area contributed by atoms with Crippen molar-refractivity contribution in [2.24, 2.45) is 0 Å². The Bertz CT molecular complexity index is 892. The van der Waals surface area contributed by atoms with Gasteiger partial charge in [-0.1, -0.05) is 18.2 Å². The molecule has 22 heavy (non-hydrogen) atoms. The fourth-order valence-corrected chi connectivity index (χ4v) is 2.89. The second-order valence-electron chi connectivity index (χ2n) is 5.31. The maximum Gasteiger partial charge on any atom is 0.261 e. The number of carbonyl (C=O) groups is 2. The number of aryl methyl sites for hydroxylation is 1. The monoisotopic (exact) mass is 291 g/mol. The van der Waals surface area contributed by atoms with Gasteiger partial charge in [-0.05, 0) is 31.2 Å². The van der Waals surface area contributed by atoms with Crippen molar-refractivity contribution in [3.8, 4) is 0 Å². The number of imide groups is 1. The van der Waals surface area contributed by atoms with Gasteiger partial charge in [0.25, 0.3) is 11.8 Å². The number of benzene rings is 1. The average molecular weight is 291 g/mol. The number of pyridine rings is 1. The number of rotatable bonds is 2. The fourth-order valence-electron chi connectivity index (χ4n) is 2.89. The van der Waals surface area contributed by atoms with Crippen LogP contribution in [0, 0.1) is 6.92 Å². The van der Waals surface area contributed by atoms with Crippen LogP contribution in [0.2, 0.25) is 0 Å². The van der Waals surface area contributed by atoms with Gasteiger partial charge in [0, 0.05) is 6.20 Å². The first-order valence-corrected chi connectivity index (χ1v) is 7.04. The van der Waals surface area contributed by atoms with Crippen LogP contribution in [-0.4, -0.2) is 26.1 Å². The topological polar surface area (TPSA) is 54.7 Å². The third kappa shape index (κ3) is 1.69. The van der Waals surface area contributed by atoms with Gasteiger partial charge in [0.15, 0.2) is 0 Å². The molecular weight excluding hydrogens is 278 g/mol. The molecule has 0 N–H and O–H groups in total. The third-order valence-electron chi connectivity index (χ3n) is 4.02. The number of amides is 2. The predicted molar refractivity (Wildman–Crippen MR) is 80.6 cm³/mol. The molecule has 0 saturated heterocycles. The molecule has 0 unspecified atom stereocenters. The van der Waals surface area contributed by atoms with Gasteiger partial charge >= 0.3 is 0 Å². The van der Waals surface area contributed by atoms with E-state index in [9.17, 15) is 9.59 Å². The number of imidazole rings is 1. The van der Waals surface area contributed by atoms with E-state index in [2.05, 4.69) is 4.98 Å². The molecule has 0 aliphatic carbocycles. The van der Waals surface area contributed by atoms with Gasteiger partial charge in [-0.3, -0.25) is 14.5 Å². The zero-order valence-electron chi connectivity index (χ0n) is 12.0. The Hall–Kier alpha value is -2.95. The van der Waals surface area contributed by atoms with Crippen molar-refractivity contribution < 1.29 is 9.59 Å². The van der Waals surface area contributed by atoms with E-state index >= 15 is 0 Å². The molecule has 1 aliphatic rings. The zero-order valence-corrected chi connectivity index (χ0v) is 12.0. The molecule has 5 heteroatoms. The summed E-state index contributed by atoms with van der Waals surface area (Å²) in [5.74, 6) is -0.489. The molecule has 0 bridgehead atoms. The minimum absolute atomic E-state index is 0.226. The summed E-state index contributed by atoms with van der Waals surface area (Å²) in [5.41, 5.74) is 3.43. The molecule has 0 fully saturated rings. The molecule has 0 spiro atoms. The van der Waals surface area contributed by atoms with E-state index in [0.29, 0.717) is 11.1 Å². The summed E-state index contributed by atoms with van der Waals surface area (Å²) in [5, 5.41) is 0. The zero-order chi connectivity index (χ0) is 15.3. The standard InChI is InChI=1S/C17H13N3O2/c1-11-14(19-9-5-4-8-15(19)18-11)10-20-16(21)12-6-2-3-7-13(12)17(20)22/h2-9H,10H2,1H3. The maximum atomic E-state index is 12.5. The highest BCUT2D eigenvalue weighted by atomic mass is 16.2. The largest absolute Gasteiger partial charge is 0.302 e. The molecule has 2 amide bonds. The molecule has 0 radical (unpaired) electrons. The van der Waals surface area contributed by atoms with Gasteiger partial charge in [-0.15, -0.1) is 0 Å². The summed E-state index contributed by atoms with van der Waals surface area (Å²) in [6.07, 6.45) is 1.89. The van der Waals surface area contributed by atoms with Crippen LogP contribution in [0.3, 0.4) is 0 Å². The lowest BCUT2D eigenvalue weighted by Gasteiger charge is -2.14. The second kappa shape index (κ2) is 4.53. The Balaban J connectivity index is 1.77. The third-order valence-corrected chi connectivity index (χ3v) is 4.02. The summed E-state index contributed by atoms with van der Waals surface area (Å²) in [6, 6.07) is 12.6. The number of hydrogen-bond acceptors (Lipinski definition) is 3. The van der Waals surface area contributed by atoms with E-state index in [4.69, 9.17) is 0 Å². The van der Waals surface area contributed by atoms with E-state index in [0.717, 1.165) is 17.0 Å². The van der Waals surface area contributed by atoms with Gasteiger partial charge in [0.2, 0.25) is 0 Å². The van der Waals surface area contributed by atoms with Crippen molar-refractivity contribution in [3.05, 3.63) is 71.2 Å².